The van der Waals surface area contributed by atoms with Gasteiger partial charge in [-0.3, -0.25) is 9.59 Å². The Morgan fingerprint density at radius 3 is 2.08 bits per heavy atom. The van der Waals surface area contributed by atoms with Crippen molar-refractivity contribution >= 4 is 39.1 Å². The second kappa shape index (κ2) is 9.78. The molecule has 0 bridgehead atoms. The number of hydrogen-bond donors (Lipinski definition) is 0. The van der Waals surface area contributed by atoms with Gasteiger partial charge < -0.3 is 14.7 Å². The molecule has 0 N–H and O–H groups in total. The third kappa shape index (κ3) is 4.26. The Hall–Kier alpha value is -3.65. The van der Waals surface area contributed by atoms with Gasteiger partial charge in [-0.15, -0.1) is 11.3 Å². The van der Waals surface area contributed by atoms with E-state index in [9.17, 15) is 9.59 Å². The third-order valence-corrected chi connectivity index (χ3v) is 8.21. The van der Waals surface area contributed by atoms with E-state index in [4.69, 9.17) is 4.98 Å². The van der Waals surface area contributed by atoms with Crippen LogP contribution in [0.15, 0.2) is 76.9 Å². The van der Waals surface area contributed by atoms with Crippen LogP contribution in [-0.4, -0.2) is 59.6 Å². The number of thiophene rings is 1. The topological polar surface area (TPSA) is 61.7 Å². The summed E-state index contributed by atoms with van der Waals surface area (Å²) < 4.78 is 2.39. The highest BCUT2D eigenvalue weighted by Crippen LogP contribution is 2.28. The van der Waals surface area contributed by atoms with Crippen LogP contribution in [0.3, 0.4) is 0 Å². The summed E-state index contributed by atoms with van der Waals surface area (Å²) in [5, 5.41) is 1.92. The molecule has 8 heteroatoms. The number of amides is 1. The van der Waals surface area contributed by atoms with E-state index in [0.717, 1.165) is 50.2 Å². The molecule has 0 spiro atoms. The minimum Gasteiger partial charge on any atom is -0.368 e. The van der Waals surface area contributed by atoms with E-state index in [1.54, 1.807) is 4.57 Å². The zero-order valence-electron chi connectivity index (χ0n) is 20.1. The summed E-state index contributed by atoms with van der Waals surface area (Å²) in [6, 6.07) is 22.0. The summed E-state index contributed by atoms with van der Waals surface area (Å²) in [5.74, 6) is 0.954. The maximum absolute atomic E-state index is 13.4. The van der Waals surface area contributed by atoms with Crippen molar-refractivity contribution in [3.63, 3.8) is 0 Å². The van der Waals surface area contributed by atoms with E-state index >= 15 is 0 Å². The number of piperidine rings is 1. The van der Waals surface area contributed by atoms with E-state index in [-0.39, 0.29) is 17.4 Å². The van der Waals surface area contributed by atoms with Gasteiger partial charge in [-0.2, -0.15) is 0 Å². The molecule has 2 aromatic carbocycles. The lowest BCUT2D eigenvalue weighted by Gasteiger charge is -2.39. The van der Waals surface area contributed by atoms with E-state index < -0.39 is 0 Å². The molecule has 1 amide bonds. The molecule has 36 heavy (non-hydrogen) atoms. The first-order chi connectivity index (χ1) is 17.7. The summed E-state index contributed by atoms with van der Waals surface area (Å²) in [5.41, 5.74) is 2.74. The fourth-order valence-corrected chi connectivity index (χ4v) is 6.09. The summed E-state index contributed by atoms with van der Waals surface area (Å²) in [7, 11) is 0. The number of anilines is 2. The highest BCUT2D eigenvalue weighted by molar-refractivity contribution is 7.17. The Kier molecular flexibility index (Phi) is 6.19. The minimum atomic E-state index is -0.0364. The average Bonchev–Trinajstić information content (AvgIpc) is 3.43. The lowest BCUT2D eigenvalue weighted by Crippen LogP contribution is -2.52. The van der Waals surface area contributed by atoms with Crippen molar-refractivity contribution in [2.75, 3.05) is 49.1 Å². The second-order valence-electron chi connectivity index (χ2n) is 9.43. The maximum atomic E-state index is 13.4. The van der Waals surface area contributed by atoms with E-state index in [1.165, 1.54) is 17.0 Å². The van der Waals surface area contributed by atoms with Crippen LogP contribution < -0.4 is 15.4 Å². The molecule has 2 fully saturated rings. The summed E-state index contributed by atoms with van der Waals surface area (Å²) in [6.07, 6.45) is 1.54. The van der Waals surface area contributed by atoms with Gasteiger partial charge in [-0.1, -0.05) is 36.4 Å². The van der Waals surface area contributed by atoms with Crippen molar-refractivity contribution in [1.29, 1.82) is 0 Å². The number of piperazine rings is 1. The van der Waals surface area contributed by atoms with E-state index in [1.807, 2.05) is 52.7 Å². The number of aromatic nitrogens is 2. The van der Waals surface area contributed by atoms with Crippen molar-refractivity contribution in [3.05, 3.63) is 82.5 Å². The molecule has 7 nitrogen and oxygen atoms in total. The first-order valence-corrected chi connectivity index (χ1v) is 13.5. The Labute approximate surface area is 214 Å². The van der Waals surface area contributed by atoms with Crippen molar-refractivity contribution in [2.24, 2.45) is 5.92 Å². The van der Waals surface area contributed by atoms with Crippen molar-refractivity contribution < 1.29 is 4.79 Å². The smallest absolute Gasteiger partial charge is 0.277 e. The fourth-order valence-electron chi connectivity index (χ4n) is 5.33. The van der Waals surface area contributed by atoms with Crippen molar-refractivity contribution in [1.82, 2.24) is 14.5 Å². The minimum absolute atomic E-state index is 0.0197. The van der Waals surface area contributed by atoms with E-state index in [0.29, 0.717) is 23.7 Å². The van der Waals surface area contributed by atoms with Crippen molar-refractivity contribution in [2.45, 2.75) is 12.8 Å². The monoisotopic (exact) mass is 499 g/mol. The largest absolute Gasteiger partial charge is 0.368 e. The van der Waals surface area contributed by atoms with Gasteiger partial charge in [0.1, 0.15) is 4.70 Å². The van der Waals surface area contributed by atoms with Gasteiger partial charge in [0.15, 0.2) is 0 Å². The quantitative estimate of drug-likeness (QED) is 0.425. The molecule has 0 atom stereocenters. The molecular formula is C28H29N5O2S. The third-order valence-electron chi connectivity index (χ3n) is 7.32. The molecule has 2 aromatic heterocycles. The Balaban J connectivity index is 1.16. The normalized spacial score (nSPS) is 17.1. The fraction of sp³-hybridized carbons (Fsp3) is 0.321. The predicted molar refractivity (Wildman–Crippen MR) is 145 cm³/mol. The molecule has 184 valence electrons. The van der Waals surface area contributed by atoms with Crippen LogP contribution in [-0.2, 0) is 4.79 Å². The SMILES string of the molecule is O=C(C1CCN(c2nc3ccsc3c(=O)n2-c2ccccc2)CC1)N1CCN(c2ccccc2)CC1. The van der Waals surface area contributed by atoms with Gasteiger partial charge in [0.25, 0.3) is 5.56 Å². The number of benzene rings is 2. The highest BCUT2D eigenvalue weighted by Gasteiger charge is 2.32. The molecule has 4 heterocycles. The Morgan fingerprint density at radius 1 is 0.778 bits per heavy atom. The van der Waals surface area contributed by atoms with Crippen LogP contribution >= 0.6 is 11.3 Å². The number of rotatable bonds is 4. The van der Waals surface area contributed by atoms with Crippen molar-refractivity contribution in [3.8, 4) is 5.69 Å². The summed E-state index contributed by atoms with van der Waals surface area (Å²) in [6.45, 7) is 4.66. The van der Waals surface area contributed by atoms with Crippen LogP contribution in [0, 0.1) is 5.92 Å². The standard InChI is InChI=1S/C28H29N5O2S/c34-26(31-18-16-30(17-19-31)22-7-3-1-4-8-22)21-11-14-32(15-12-21)28-29-24-13-20-36-25(24)27(35)33(28)23-9-5-2-6-10-23/h1-10,13,20-21H,11-12,14-19H2. The van der Waals surface area contributed by atoms with Gasteiger partial charge in [-0.05, 0) is 48.6 Å². The lowest BCUT2D eigenvalue weighted by molar-refractivity contribution is -0.136. The zero-order chi connectivity index (χ0) is 24.5. The van der Waals surface area contributed by atoms with Crippen LogP contribution in [0.25, 0.3) is 15.9 Å². The number of para-hydroxylation sites is 2. The predicted octanol–water partition coefficient (Wildman–Crippen LogP) is 4.01. The molecule has 6 rings (SSSR count). The van der Waals surface area contributed by atoms with Gasteiger partial charge in [0.05, 0.1) is 11.2 Å². The van der Waals surface area contributed by atoms with E-state index in [2.05, 4.69) is 34.1 Å². The molecule has 0 aliphatic carbocycles. The summed E-state index contributed by atoms with van der Waals surface area (Å²) >= 11 is 1.43. The zero-order valence-corrected chi connectivity index (χ0v) is 20.9. The lowest BCUT2D eigenvalue weighted by atomic mass is 9.95. The number of hydrogen-bond acceptors (Lipinski definition) is 6. The molecule has 4 aromatic rings. The second-order valence-corrected chi connectivity index (χ2v) is 10.3. The first-order valence-electron chi connectivity index (χ1n) is 12.6. The molecular weight excluding hydrogens is 470 g/mol. The number of nitrogens with zero attached hydrogens (tertiary/aromatic N) is 5. The number of fused-ring (bicyclic) bond motifs is 1. The van der Waals surface area contributed by atoms with Gasteiger partial charge >= 0.3 is 0 Å². The molecule has 0 saturated carbocycles. The average molecular weight is 500 g/mol. The van der Waals surface area contributed by atoms with Crippen LogP contribution in [0.5, 0.6) is 0 Å². The van der Waals surface area contributed by atoms with Gasteiger partial charge in [-0.25, -0.2) is 9.55 Å². The van der Waals surface area contributed by atoms with Crippen LogP contribution in [0.2, 0.25) is 0 Å². The number of carbonyl (C=O) groups excluding carboxylic acids is 1. The molecule has 2 saturated heterocycles. The molecule has 2 aliphatic rings. The Morgan fingerprint density at radius 2 is 1.42 bits per heavy atom. The maximum Gasteiger partial charge on any atom is 0.277 e. The Bertz CT molecular complexity index is 1400. The van der Waals surface area contributed by atoms with Gasteiger partial charge in [0, 0.05) is 50.9 Å². The molecule has 2 aliphatic heterocycles. The highest BCUT2D eigenvalue weighted by atomic mass is 32.1. The van der Waals surface area contributed by atoms with Gasteiger partial charge in [0.2, 0.25) is 11.9 Å². The molecule has 0 radical (unpaired) electrons. The van der Waals surface area contributed by atoms with Crippen LogP contribution in [0.4, 0.5) is 11.6 Å². The number of carbonyl (C=O) groups is 1. The summed E-state index contributed by atoms with van der Waals surface area (Å²) in [4.78, 5) is 38.2. The van der Waals surface area contributed by atoms with Crippen LogP contribution in [0.1, 0.15) is 12.8 Å². The molecule has 0 unspecified atom stereocenters. The first kappa shape index (κ1) is 22.8.